The van der Waals surface area contributed by atoms with Crippen LogP contribution in [0.3, 0.4) is 0 Å². The molecule has 1 N–H and O–H groups in total. The maximum atomic E-state index is 11.4. The first-order valence-corrected chi connectivity index (χ1v) is 7.00. The maximum absolute atomic E-state index is 11.4. The molecule has 19 heavy (non-hydrogen) atoms. The zero-order valence-electron chi connectivity index (χ0n) is 11.7. The van der Waals surface area contributed by atoms with Crippen LogP contribution in [-0.2, 0) is 4.79 Å². The number of hydrogen-bond donors (Lipinski definition) is 1. The molecule has 0 unspecified atom stereocenters. The van der Waals surface area contributed by atoms with Crippen LogP contribution < -0.4 is 4.74 Å². The lowest BCUT2D eigenvalue weighted by Gasteiger charge is -2.24. The molecule has 2 rings (SSSR count). The van der Waals surface area contributed by atoms with Crippen LogP contribution in [0, 0.1) is 5.41 Å². The highest BCUT2D eigenvalue weighted by molar-refractivity contribution is 5.75. The third kappa shape index (κ3) is 3.09. The van der Waals surface area contributed by atoms with Crippen LogP contribution in [0.2, 0.25) is 0 Å². The lowest BCUT2D eigenvalue weighted by Crippen LogP contribution is -2.34. The molecule has 0 atom stereocenters. The van der Waals surface area contributed by atoms with Gasteiger partial charge in [0.1, 0.15) is 17.8 Å². The summed E-state index contributed by atoms with van der Waals surface area (Å²) >= 11 is 0. The van der Waals surface area contributed by atoms with Crippen LogP contribution in [0.15, 0.2) is 24.3 Å². The van der Waals surface area contributed by atoms with E-state index in [4.69, 9.17) is 4.74 Å². The first-order valence-electron chi connectivity index (χ1n) is 7.00. The van der Waals surface area contributed by atoms with Crippen molar-refractivity contribution in [1.29, 1.82) is 0 Å². The number of carboxylic acid groups (broad SMARTS) is 1. The third-order valence-corrected chi connectivity index (χ3v) is 4.05. The van der Waals surface area contributed by atoms with Crippen molar-refractivity contribution in [1.82, 2.24) is 0 Å². The van der Waals surface area contributed by atoms with Crippen molar-refractivity contribution in [2.24, 2.45) is 5.41 Å². The van der Waals surface area contributed by atoms with Crippen molar-refractivity contribution in [2.75, 3.05) is 6.61 Å². The van der Waals surface area contributed by atoms with Gasteiger partial charge >= 0.3 is 5.97 Å². The van der Waals surface area contributed by atoms with Gasteiger partial charge in [-0.1, -0.05) is 38.8 Å². The minimum Gasteiger partial charge on any atom is -0.492 e. The van der Waals surface area contributed by atoms with Crippen molar-refractivity contribution >= 4 is 5.97 Å². The number of benzene rings is 1. The van der Waals surface area contributed by atoms with Crippen LogP contribution in [0.5, 0.6) is 5.75 Å². The molecule has 1 aliphatic rings. The summed E-state index contributed by atoms with van der Waals surface area (Å²) in [6.07, 6.45) is 3.43. The molecule has 1 aliphatic carbocycles. The Labute approximate surface area is 114 Å². The summed E-state index contributed by atoms with van der Waals surface area (Å²) in [5.74, 6) is 0.507. The van der Waals surface area contributed by atoms with Gasteiger partial charge in [-0.05, 0) is 36.5 Å². The number of rotatable bonds is 5. The molecule has 0 saturated heterocycles. The van der Waals surface area contributed by atoms with Crippen molar-refractivity contribution < 1.29 is 14.6 Å². The van der Waals surface area contributed by atoms with Crippen molar-refractivity contribution in [3.8, 4) is 5.75 Å². The molecule has 0 bridgehead atoms. The Balaban J connectivity index is 2.05. The molecule has 0 radical (unpaired) electrons. The molecule has 1 aromatic rings. The van der Waals surface area contributed by atoms with Crippen LogP contribution in [0.1, 0.15) is 51.0 Å². The Hall–Kier alpha value is -1.51. The number of aliphatic carboxylic acids is 1. The number of carbonyl (C=O) groups is 1. The molecule has 104 valence electrons. The summed E-state index contributed by atoms with van der Waals surface area (Å²) in [5.41, 5.74) is 0.543. The molecule has 0 heterocycles. The predicted octanol–water partition coefficient (Wildman–Crippen LogP) is 3.83. The molecular weight excluding hydrogens is 240 g/mol. The number of ether oxygens (including phenoxy) is 1. The minimum absolute atomic E-state index is 0.282. The molecule has 0 amide bonds. The summed E-state index contributed by atoms with van der Waals surface area (Å²) in [6.45, 7) is 4.55. The molecule has 1 aromatic carbocycles. The van der Waals surface area contributed by atoms with Crippen molar-refractivity contribution in [3.05, 3.63) is 29.8 Å². The van der Waals surface area contributed by atoms with E-state index in [0.717, 1.165) is 31.4 Å². The Kier molecular flexibility index (Phi) is 4.13. The van der Waals surface area contributed by atoms with E-state index in [-0.39, 0.29) is 6.61 Å². The highest BCUT2D eigenvalue weighted by atomic mass is 16.5. The molecule has 0 spiro atoms. The van der Waals surface area contributed by atoms with Gasteiger partial charge in [0.2, 0.25) is 0 Å². The van der Waals surface area contributed by atoms with Crippen LogP contribution in [0.25, 0.3) is 0 Å². The van der Waals surface area contributed by atoms with Crippen LogP contribution in [-0.4, -0.2) is 17.7 Å². The summed E-state index contributed by atoms with van der Waals surface area (Å²) in [7, 11) is 0. The molecule has 3 nitrogen and oxygen atoms in total. The molecule has 0 aliphatic heterocycles. The maximum Gasteiger partial charge on any atom is 0.313 e. The average Bonchev–Trinajstić information content (AvgIpc) is 2.87. The van der Waals surface area contributed by atoms with Gasteiger partial charge in [0.15, 0.2) is 0 Å². The van der Waals surface area contributed by atoms with E-state index in [1.54, 1.807) is 0 Å². The summed E-state index contributed by atoms with van der Waals surface area (Å²) in [5, 5.41) is 9.40. The van der Waals surface area contributed by atoms with Gasteiger partial charge in [-0.25, -0.2) is 0 Å². The lowest BCUT2D eigenvalue weighted by molar-refractivity contribution is -0.150. The first-order chi connectivity index (χ1) is 9.03. The van der Waals surface area contributed by atoms with E-state index < -0.39 is 11.4 Å². The smallest absolute Gasteiger partial charge is 0.313 e. The van der Waals surface area contributed by atoms with E-state index in [9.17, 15) is 9.90 Å². The van der Waals surface area contributed by atoms with Gasteiger partial charge in [0, 0.05) is 0 Å². The monoisotopic (exact) mass is 262 g/mol. The highest BCUT2D eigenvalue weighted by Gasteiger charge is 2.42. The van der Waals surface area contributed by atoms with E-state index in [2.05, 4.69) is 19.9 Å². The van der Waals surface area contributed by atoms with E-state index in [0.29, 0.717) is 5.92 Å². The zero-order chi connectivity index (χ0) is 13.9. The van der Waals surface area contributed by atoms with Crippen molar-refractivity contribution in [3.63, 3.8) is 0 Å². The Bertz CT molecular complexity index is 445. The Morgan fingerprint density at radius 2 is 2.05 bits per heavy atom. The topological polar surface area (TPSA) is 46.5 Å². The Morgan fingerprint density at radius 1 is 1.37 bits per heavy atom. The number of carboxylic acids is 1. The fourth-order valence-corrected chi connectivity index (χ4v) is 2.66. The normalized spacial score (nSPS) is 17.6. The quantitative estimate of drug-likeness (QED) is 0.877. The Morgan fingerprint density at radius 3 is 2.63 bits per heavy atom. The van der Waals surface area contributed by atoms with E-state index in [1.807, 2.05) is 18.2 Å². The molecule has 1 fully saturated rings. The summed E-state index contributed by atoms with van der Waals surface area (Å²) in [4.78, 5) is 11.4. The molecular formula is C16H22O3. The zero-order valence-corrected chi connectivity index (χ0v) is 11.7. The van der Waals surface area contributed by atoms with E-state index >= 15 is 0 Å². The standard InChI is InChI=1S/C16H22O3/c1-12(2)13-6-5-7-14(10-13)19-11-16(15(17)18)8-3-4-9-16/h5-7,10,12H,3-4,8-9,11H2,1-2H3,(H,17,18). The van der Waals surface area contributed by atoms with Gasteiger partial charge in [0.25, 0.3) is 0 Å². The van der Waals surface area contributed by atoms with Gasteiger partial charge < -0.3 is 9.84 Å². The van der Waals surface area contributed by atoms with Gasteiger partial charge in [-0.15, -0.1) is 0 Å². The fourth-order valence-electron chi connectivity index (χ4n) is 2.66. The predicted molar refractivity (Wildman–Crippen MR) is 74.6 cm³/mol. The number of hydrogen-bond acceptors (Lipinski definition) is 2. The van der Waals surface area contributed by atoms with Crippen LogP contribution in [0.4, 0.5) is 0 Å². The largest absolute Gasteiger partial charge is 0.492 e. The van der Waals surface area contributed by atoms with Gasteiger partial charge in [-0.2, -0.15) is 0 Å². The van der Waals surface area contributed by atoms with Gasteiger partial charge in [0.05, 0.1) is 0 Å². The fraction of sp³-hybridized carbons (Fsp3) is 0.562. The highest BCUT2D eigenvalue weighted by Crippen LogP contribution is 2.39. The second-order valence-electron chi connectivity index (χ2n) is 5.81. The van der Waals surface area contributed by atoms with Crippen LogP contribution >= 0.6 is 0 Å². The molecule has 0 aromatic heterocycles. The minimum atomic E-state index is -0.718. The van der Waals surface area contributed by atoms with E-state index in [1.165, 1.54) is 5.56 Å². The summed E-state index contributed by atoms with van der Waals surface area (Å²) in [6, 6.07) is 7.94. The van der Waals surface area contributed by atoms with Crippen molar-refractivity contribution in [2.45, 2.75) is 45.4 Å². The lowest BCUT2D eigenvalue weighted by atomic mass is 9.87. The summed E-state index contributed by atoms with van der Waals surface area (Å²) < 4.78 is 5.76. The second-order valence-corrected chi connectivity index (χ2v) is 5.81. The second kappa shape index (κ2) is 5.64. The SMILES string of the molecule is CC(C)c1cccc(OCC2(C(=O)O)CCCC2)c1. The molecule has 1 saturated carbocycles. The first kappa shape index (κ1) is 13.9. The van der Waals surface area contributed by atoms with Gasteiger partial charge in [-0.3, -0.25) is 4.79 Å². The molecule has 3 heteroatoms. The average molecular weight is 262 g/mol. The third-order valence-electron chi connectivity index (χ3n) is 4.05.